The molecule has 0 saturated heterocycles. The Bertz CT molecular complexity index is 685. The van der Waals surface area contributed by atoms with Gasteiger partial charge in [0.25, 0.3) is 0 Å². The van der Waals surface area contributed by atoms with Crippen LogP contribution in [0, 0.1) is 13.8 Å². The molecule has 0 unspecified atom stereocenters. The average Bonchev–Trinajstić information content (AvgIpc) is 3.04. The third-order valence-electron chi connectivity index (χ3n) is 3.86. The zero-order valence-electron chi connectivity index (χ0n) is 12.4. The minimum atomic E-state index is 0.397. The molecule has 0 atom stereocenters. The van der Waals surface area contributed by atoms with E-state index in [1.807, 2.05) is 6.07 Å². The minimum absolute atomic E-state index is 0.397. The fraction of sp³-hybridized carbons (Fsp3) is 0.400. The van der Waals surface area contributed by atoms with Crippen LogP contribution < -0.4 is 11.1 Å². The van der Waals surface area contributed by atoms with Crippen LogP contribution in [0.25, 0.3) is 0 Å². The van der Waals surface area contributed by atoms with Crippen molar-refractivity contribution in [1.29, 1.82) is 0 Å². The summed E-state index contributed by atoms with van der Waals surface area (Å²) < 4.78 is 2.13. The number of aryl methyl sites for hydroxylation is 3. The summed E-state index contributed by atoms with van der Waals surface area (Å²) >= 11 is 0. The number of nitrogens with one attached hydrogen (secondary N) is 1. The standard InChI is InChI=1S/C15H20N6/c1-10-5-6-12(8-11(10)2)18-15(16)17-9-14-20-19-13-4-3-7-21(13)14/h5-6,8H,3-4,7,9H2,1-2H3,(H3,16,17,18). The van der Waals surface area contributed by atoms with E-state index in [1.54, 1.807) is 0 Å². The van der Waals surface area contributed by atoms with Crippen LogP contribution in [0.3, 0.4) is 0 Å². The SMILES string of the molecule is Cc1ccc(NC(N)=NCc2nnc3n2CCC3)cc1C. The smallest absolute Gasteiger partial charge is 0.193 e. The highest BCUT2D eigenvalue weighted by atomic mass is 15.3. The van der Waals surface area contributed by atoms with Crippen LogP contribution in [0.4, 0.5) is 5.69 Å². The van der Waals surface area contributed by atoms with Crippen molar-refractivity contribution in [3.05, 3.63) is 41.0 Å². The summed E-state index contributed by atoms with van der Waals surface area (Å²) in [5, 5.41) is 11.4. The molecule has 1 aliphatic rings. The highest BCUT2D eigenvalue weighted by Gasteiger charge is 2.16. The number of aromatic nitrogens is 3. The zero-order valence-corrected chi connectivity index (χ0v) is 12.4. The van der Waals surface area contributed by atoms with Crippen LogP contribution >= 0.6 is 0 Å². The van der Waals surface area contributed by atoms with Gasteiger partial charge in [-0.25, -0.2) is 4.99 Å². The van der Waals surface area contributed by atoms with Gasteiger partial charge >= 0.3 is 0 Å². The molecule has 0 fully saturated rings. The van der Waals surface area contributed by atoms with Crippen molar-refractivity contribution in [3.8, 4) is 0 Å². The van der Waals surface area contributed by atoms with Gasteiger partial charge < -0.3 is 15.6 Å². The molecule has 2 heterocycles. The molecule has 2 aromatic rings. The molecule has 1 aliphatic heterocycles. The Balaban J connectivity index is 1.67. The highest BCUT2D eigenvalue weighted by Crippen LogP contribution is 2.15. The molecular weight excluding hydrogens is 264 g/mol. The van der Waals surface area contributed by atoms with E-state index in [1.165, 1.54) is 11.1 Å². The Labute approximate surface area is 124 Å². The van der Waals surface area contributed by atoms with Gasteiger partial charge in [-0.05, 0) is 43.5 Å². The van der Waals surface area contributed by atoms with Crippen molar-refractivity contribution in [1.82, 2.24) is 14.8 Å². The molecule has 0 spiro atoms. The summed E-state index contributed by atoms with van der Waals surface area (Å²) in [5.74, 6) is 2.34. The molecule has 1 aromatic carbocycles. The summed E-state index contributed by atoms with van der Waals surface area (Å²) in [6.07, 6.45) is 2.14. The number of nitrogens with two attached hydrogens (primary N) is 1. The topological polar surface area (TPSA) is 81.1 Å². The van der Waals surface area contributed by atoms with Crippen molar-refractivity contribution in [2.45, 2.75) is 39.8 Å². The monoisotopic (exact) mass is 284 g/mol. The summed E-state index contributed by atoms with van der Waals surface area (Å²) in [4.78, 5) is 4.35. The summed E-state index contributed by atoms with van der Waals surface area (Å²) in [5.41, 5.74) is 9.37. The number of fused-ring (bicyclic) bond motifs is 1. The van der Waals surface area contributed by atoms with Crippen molar-refractivity contribution in [3.63, 3.8) is 0 Å². The van der Waals surface area contributed by atoms with E-state index in [4.69, 9.17) is 5.73 Å². The summed E-state index contributed by atoms with van der Waals surface area (Å²) in [6.45, 7) is 5.60. The molecular formula is C15H20N6. The first kappa shape index (κ1) is 13.6. The second kappa shape index (κ2) is 5.55. The van der Waals surface area contributed by atoms with E-state index in [9.17, 15) is 0 Å². The van der Waals surface area contributed by atoms with Gasteiger partial charge in [0, 0.05) is 18.7 Å². The van der Waals surface area contributed by atoms with Gasteiger partial charge in [0.15, 0.2) is 11.8 Å². The maximum atomic E-state index is 5.94. The van der Waals surface area contributed by atoms with E-state index in [0.717, 1.165) is 36.7 Å². The first-order valence-electron chi connectivity index (χ1n) is 7.18. The first-order valence-corrected chi connectivity index (χ1v) is 7.18. The second-order valence-corrected chi connectivity index (χ2v) is 5.41. The molecule has 3 rings (SSSR count). The Morgan fingerprint density at radius 2 is 2.19 bits per heavy atom. The van der Waals surface area contributed by atoms with Crippen LogP contribution in [-0.4, -0.2) is 20.7 Å². The lowest BCUT2D eigenvalue weighted by Crippen LogP contribution is -2.23. The van der Waals surface area contributed by atoms with Crippen molar-refractivity contribution >= 4 is 11.6 Å². The van der Waals surface area contributed by atoms with E-state index >= 15 is 0 Å². The third-order valence-corrected chi connectivity index (χ3v) is 3.86. The predicted molar refractivity (Wildman–Crippen MR) is 83.2 cm³/mol. The molecule has 0 radical (unpaired) electrons. The minimum Gasteiger partial charge on any atom is -0.370 e. The van der Waals surface area contributed by atoms with Crippen LogP contribution in [0.5, 0.6) is 0 Å². The Morgan fingerprint density at radius 1 is 1.33 bits per heavy atom. The Kier molecular flexibility index (Phi) is 3.60. The number of guanidine groups is 1. The largest absolute Gasteiger partial charge is 0.370 e. The molecule has 1 aromatic heterocycles. The van der Waals surface area contributed by atoms with Gasteiger partial charge in [0.05, 0.1) is 0 Å². The quantitative estimate of drug-likeness (QED) is 0.665. The zero-order chi connectivity index (χ0) is 14.8. The Hall–Kier alpha value is -2.37. The molecule has 0 bridgehead atoms. The van der Waals surface area contributed by atoms with Crippen LogP contribution in [-0.2, 0) is 19.5 Å². The molecule has 6 nitrogen and oxygen atoms in total. The molecule has 0 aliphatic carbocycles. The molecule has 3 N–H and O–H groups in total. The molecule has 0 amide bonds. The highest BCUT2D eigenvalue weighted by molar-refractivity contribution is 5.92. The first-order chi connectivity index (χ1) is 10.1. The number of anilines is 1. The van der Waals surface area contributed by atoms with E-state index < -0.39 is 0 Å². The summed E-state index contributed by atoms with van der Waals surface area (Å²) in [7, 11) is 0. The van der Waals surface area contributed by atoms with Gasteiger partial charge in [0.2, 0.25) is 0 Å². The third kappa shape index (κ3) is 2.89. The van der Waals surface area contributed by atoms with Gasteiger partial charge in [-0.3, -0.25) is 0 Å². The maximum Gasteiger partial charge on any atom is 0.193 e. The normalized spacial score (nSPS) is 14.3. The Morgan fingerprint density at radius 3 is 3.00 bits per heavy atom. The summed E-state index contributed by atoms with van der Waals surface area (Å²) in [6, 6.07) is 6.13. The predicted octanol–water partition coefficient (Wildman–Crippen LogP) is 1.77. The number of benzene rings is 1. The number of rotatable bonds is 3. The van der Waals surface area contributed by atoms with Gasteiger partial charge in [-0.1, -0.05) is 6.07 Å². The van der Waals surface area contributed by atoms with Crippen molar-refractivity contribution in [2.24, 2.45) is 10.7 Å². The van der Waals surface area contributed by atoms with Crippen LogP contribution in [0.2, 0.25) is 0 Å². The maximum absolute atomic E-state index is 5.94. The van der Waals surface area contributed by atoms with E-state index in [0.29, 0.717) is 12.5 Å². The molecule has 110 valence electrons. The van der Waals surface area contributed by atoms with Crippen LogP contribution in [0.15, 0.2) is 23.2 Å². The van der Waals surface area contributed by atoms with E-state index in [-0.39, 0.29) is 0 Å². The van der Waals surface area contributed by atoms with Crippen molar-refractivity contribution < 1.29 is 0 Å². The lowest BCUT2D eigenvalue weighted by atomic mass is 10.1. The van der Waals surface area contributed by atoms with Gasteiger partial charge in [-0.15, -0.1) is 10.2 Å². The number of nitrogens with zero attached hydrogens (tertiary/aromatic N) is 4. The van der Waals surface area contributed by atoms with Crippen LogP contribution in [0.1, 0.15) is 29.2 Å². The second-order valence-electron chi connectivity index (χ2n) is 5.41. The van der Waals surface area contributed by atoms with Crippen molar-refractivity contribution in [2.75, 3.05) is 5.32 Å². The van der Waals surface area contributed by atoms with Gasteiger partial charge in [0.1, 0.15) is 12.4 Å². The lowest BCUT2D eigenvalue weighted by Gasteiger charge is -2.08. The number of aliphatic imine (C=N–C) groups is 1. The molecule has 6 heteroatoms. The lowest BCUT2D eigenvalue weighted by molar-refractivity contribution is 0.688. The van der Waals surface area contributed by atoms with E-state index in [2.05, 4.69) is 51.1 Å². The van der Waals surface area contributed by atoms with Gasteiger partial charge in [-0.2, -0.15) is 0 Å². The molecule has 21 heavy (non-hydrogen) atoms. The fourth-order valence-corrected chi connectivity index (χ4v) is 2.49. The number of hydrogen-bond donors (Lipinski definition) is 2. The fourth-order valence-electron chi connectivity index (χ4n) is 2.49. The average molecular weight is 284 g/mol. The number of hydrogen-bond acceptors (Lipinski definition) is 3. The molecule has 0 saturated carbocycles.